The molecule has 1 amide bonds. The van der Waals surface area contributed by atoms with Gasteiger partial charge in [-0.2, -0.15) is 31.4 Å². The predicted octanol–water partition coefficient (Wildman–Crippen LogP) is 4.18. The van der Waals surface area contributed by atoms with E-state index in [0.717, 1.165) is 6.08 Å². The molecule has 0 unspecified atom stereocenters. The molecule has 1 heterocycles. The lowest BCUT2D eigenvalue weighted by molar-refractivity contribution is -0.138. The van der Waals surface area contributed by atoms with Crippen molar-refractivity contribution in [3.05, 3.63) is 34.5 Å². The third-order valence-corrected chi connectivity index (χ3v) is 8.56. The summed E-state index contributed by atoms with van der Waals surface area (Å²) >= 11 is 0. The maximum Gasteiger partial charge on any atom is 0.501 e. The van der Waals surface area contributed by atoms with Crippen LogP contribution in [0, 0.1) is 5.92 Å². The molecule has 0 spiro atoms. The van der Waals surface area contributed by atoms with Crippen LogP contribution >= 0.6 is 0 Å². The van der Waals surface area contributed by atoms with Crippen LogP contribution in [0.3, 0.4) is 0 Å². The first kappa shape index (κ1) is 30.7. The summed E-state index contributed by atoms with van der Waals surface area (Å²) in [6.45, 7) is -0.133. The number of hydrogen-bond acceptors (Lipinski definition) is 7. The average Bonchev–Trinajstić information content (AvgIpc) is 3.25. The van der Waals surface area contributed by atoms with Gasteiger partial charge in [-0.3, -0.25) is 9.48 Å². The molecule has 1 fully saturated rings. The summed E-state index contributed by atoms with van der Waals surface area (Å²) in [5.41, 5.74) is 0.475. The second-order valence-electron chi connectivity index (χ2n) is 9.59. The first-order valence-electron chi connectivity index (χ1n) is 12.1. The lowest BCUT2D eigenvalue weighted by Gasteiger charge is -2.38. The molecule has 0 bridgehead atoms. The Bertz CT molecular complexity index is 1250. The number of aliphatic imine (C=N–C) groups is 1. The molecule has 3 N–H and O–H groups in total. The third kappa shape index (κ3) is 7.41. The van der Waals surface area contributed by atoms with Gasteiger partial charge in [0, 0.05) is 43.7 Å². The maximum atomic E-state index is 12.8. The van der Waals surface area contributed by atoms with Crippen molar-refractivity contribution in [1.82, 2.24) is 14.7 Å². The number of alkyl halides is 6. The zero-order valence-corrected chi connectivity index (χ0v) is 22.1. The number of nitrogens with one attached hydrogen (secondary N) is 1. The Kier molecular flexibility index (Phi) is 9.20. The number of halogens is 6. The van der Waals surface area contributed by atoms with Crippen LogP contribution in [-0.4, -0.2) is 73.6 Å². The Labute approximate surface area is 221 Å². The smallest absolute Gasteiger partial charge is 0.365 e. The Morgan fingerprint density at radius 2 is 1.92 bits per heavy atom. The number of anilines is 1. The molecule has 16 heteroatoms. The van der Waals surface area contributed by atoms with E-state index < -0.39 is 45.2 Å². The Hall–Kier alpha value is -2.88. The summed E-state index contributed by atoms with van der Waals surface area (Å²) in [5.74, 6) is -0.958. The molecule has 0 saturated heterocycles. The number of amides is 1. The van der Waals surface area contributed by atoms with Gasteiger partial charge < -0.3 is 20.9 Å². The Morgan fingerprint density at radius 3 is 2.46 bits per heavy atom. The summed E-state index contributed by atoms with van der Waals surface area (Å²) in [7, 11) is -2.21. The van der Waals surface area contributed by atoms with Crippen molar-refractivity contribution >= 4 is 27.8 Å². The van der Waals surface area contributed by atoms with Gasteiger partial charge in [0.2, 0.25) is 0 Å². The molecule has 1 aromatic heterocycles. The van der Waals surface area contributed by atoms with Crippen molar-refractivity contribution < 1.29 is 39.6 Å². The van der Waals surface area contributed by atoms with E-state index in [-0.39, 0.29) is 42.3 Å². The van der Waals surface area contributed by atoms with Crippen molar-refractivity contribution in [2.45, 2.75) is 62.3 Å². The van der Waals surface area contributed by atoms with Crippen LogP contribution in [0.15, 0.2) is 33.9 Å². The van der Waals surface area contributed by atoms with E-state index in [4.69, 9.17) is 5.73 Å². The van der Waals surface area contributed by atoms with Gasteiger partial charge in [-0.05, 0) is 51.3 Å². The summed E-state index contributed by atoms with van der Waals surface area (Å²) in [6.07, 6.45) is 1.16. The zero-order valence-electron chi connectivity index (χ0n) is 21.3. The van der Waals surface area contributed by atoms with E-state index in [1.807, 2.05) is 0 Å². The minimum absolute atomic E-state index is 0.0187. The first-order chi connectivity index (χ1) is 18.0. The SMILES string of the molecule is C/N=C\[C@H]1C[C@H](N(C)CCC(F)(F)F)CC[C@@H]1n1cc(C(N)=O)c(NC2=CC=C(S(=O)(=O)C(F)(F)F)CC2)n1. The number of nitrogens with two attached hydrogens (primary N) is 1. The minimum atomic E-state index is -5.44. The summed E-state index contributed by atoms with van der Waals surface area (Å²) in [4.78, 5) is 17.1. The van der Waals surface area contributed by atoms with Crippen LogP contribution in [0.2, 0.25) is 0 Å². The molecule has 1 aromatic rings. The van der Waals surface area contributed by atoms with Gasteiger partial charge in [0.25, 0.3) is 15.7 Å². The van der Waals surface area contributed by atoms with Gasteiger partial charge in [-0.1, -0.05) is 0 Å². The van der Waals surface area contributed by atoms with Crippen molar-refractivity contribution in [2.75, 3.05) is 26.0 Å². The van der Waals surface area contributed by atoms with E-state index in [1.165, 1.54) is 12.3 Å². The van der Waals surface area contributed by atoms with Gasteiger partial charge in [0.1, 0.15) is 5.56 Å². The quantitative estimate of drug-likeness (QED) is 0.332. The molecule has 3 atom stereocenters. The molecule has 0 aliphatic heterocycles. The summed E-state index contributed by atoms with van der Waals surface area (Å²) < 4.78 is 101. The monoisotopic (exact) mass is 584 g/mol. The van der Waals surface area contributed by atoms with Crippen LogP contribution in [-0.2, 0) is 9.84 Å². The Morgan fingerprint density at radius 1 is 1.23 bits per heavy atom. The first-order valence-corrected chi connectivity index (χ1v) is 13.6. The number of carbonyl (C=O) groups excluding carboxylic acids is 1. The zero-order chi connectivity index (χ0) is 29.2. The number of rotatable bonds is 9. The number of sulfone groups is 1. The number of carbonyl (C=O) groups is 1. The van der Waals surface area contributed by atoms with Gasteiger partial charge in [-0.25, -0.2) is 8.42 Å². The van der Waals surface area contributed by atoms with E-state index in [1.54, 1.807) is 29.9 Å². The van der Waals surface area contributed by atoms with E-state index in [0.29, 0.717) is 25.0 Å². The molecule has 2 aliphatic rings. The molecule has 2 aliphatic carbocycles. The normalized spacial score (nSPS) is 23.2. The molecular weight excluding hydrogens is 554 g/mol. The minimum Gasteiger partial charge on any atom is -0.365 e. The maximum absolute atomic E-state index is 12.8. The lowest BCUT2D eigenvalue weighted by Crippen LogP contribution is -2.41. The van der Waals surface area contributed by atoms with Gasteiger partial charge in [0.15, 0.2) is 5.82 Å². The highest BCUT2D eigenvalue weighted by atomic mass is 32.2. The van der Waals surface area contributed by atoms with E-state index >= 15 is 0 Å². The molecule has 3 rings (SSSR count). The van der Waals surface area contributed by atoms with Gasteiger partial charge in [0.05, 0.1) is 17.4 Å². The Balaban J connectivity index is 1.80. The third-order valence-electron chi connectivity index (χ3n) is 6.92. The van der Waals surface area contributed by atoms with Gasteiger partial charge in [-0.15, -0.1) is 0 Å². The number of allylic oxidation sites excluding steroid dienone is 4. The van der Waals surface area contributed by atoms with Crippen LogP contribution in [0.1, 0.15) is 54.9 Å². The lowest BCUT2D eigenvalue weighted by atomic mass is 9.81. The van der Waals surface area contributed by atoms with Gasteiger partial charge >= 0.3 is 11.7 Å². The second kappa shape index (κ2) is 11.7. The van der Waals surface area contributed by atoms with Crippen molar-refractivity contribution in [3.63, 3.8) is 0 Å². The fourth-order valence-electron chi connectivity index (χ4n) is 4.81. The molecule has 0 radical (unpaired) electrons. The van der Waals surface area contributed by atoms with Crippen LogP contribution in [0.5, 0.6) is 0 Å². The number of nitrogens with zero attached hydrogens (tertiary/aromatic N) is 4. The number of aromatic nitrogens is 2. The molecule has 1 saturated carbocycles. The summed E-state index contributed by atoms with van der Waals surface area (Å²) in [5, 5.41) is 7.31. The highest BCUT2D eigenvalue weighted by Gasteiger charge is 2.48. The van der Waals surface area contributed by atoms with Crippen LogP contribution in [0.25, 0.3) is 0 Å². The highest BCUT2D eigenvalue weighted by molar-refractivity contribution is 7.96. The van der Waals surface area contributed by atoms with E-state index in [2.05, 4.69) is 15.4 Å². The fourth-order valence-corrected chi connectivity index (χ4v) is 5.73. The molecule has 218 valence electrons. The summed E-state index contributed by atoms with van der Waals surface area (Å²) in [6, 6.07) is -0.393. The highest BCUT2D eigenvalue weighted by Crippen LogP contribution is 2.37. The molecule has 39 heavy (non-hydrogen) atoms. The van der Waals surface area contributed by atoms with Crippen molar-refractivity contribution in [1.29, 1.82) is 0 Å². The van der Waals surface area contributed by atoms with Crippen molar-refractivity contribution in [2.24, 2.45) is 16.6 Å². The predicted molar refractivity (Wildman–Crippen MR) is 133 cm³/mol. The average molecular weight is 585 g/mol. The fraction of sp³-hybridized carbons (Fsp3) is 0.609. The van der Waals surface area contributed by atoms with Crippen LogP contribution in [0.4, 0.5) is 32.2 Å². The van der Waals surface area contributed by atoms with Crippen LogP contribution < -0.4 is 11.1 Å². The largest absolute Gasteiger partial charge is 0.501 e. The number of primary amides is 1. The number of hydrogen-bond donors (Lipinski definition) is 2. The molecular formula is C23H30F6N6O3S. The molecule has 0 aromatic carbocycles. The standard InChI is InChI=1S/C23H30F6N6O3S/c1-31-12-14-11-16(34(2)10-9-22(24,25)26)5-8-19(14)35-13-18(20(30)36)21(33-35)32-15-3-6-17(7-4-15)39(37,38)23(27,28)29/h3,6,12-14,16,19H,4-5,7-11H2,1-2H3,(H2,30,36)(H,32,33)/b31-12-/t14-,16-,19+/m1/s1. The van der Waals surface area contributed by atoms with Crippen molar-refractivity contribution in [3.8, 4) is 0 Å². The second-order valence-corrected chi connectivity index (χ2v) is 11.6. The van der Waals surface area contributed by atoms with E-state index in [9.17, 15) is 39.6 Å². The topological polar surface area (TPSA) is 123 Å². The molecule has 9 nitrogen and oxygen atoms in total.